The first-order chi connectivity index (χ1) is 6.81. The topological polar surface area (TPSA) is 42.9 Å². The van der Waals surface area contributed by atoms with Crippen LogP contribution in [0.25, 0.3) is 0 Å². The highest BCUT2D eigenvalue weighted by molar-refractivity contribution is 7.08. The molecule has 0 bridgehead atoms. The third-order valence-electron chi connectivity index (χ3n) is 2.47. The molecule has 76 valence electrons. The summed E-state index contributed by atoms with van der Waals surface area (Å²) in [5.74, 6) is 0.907. The Hall–Kier alpha value is -0.770. The Labute approximate surface area is 87.7 Å². The highest BCUT2D eigenvalue weighted by Crippen LogP contribution is 2.34. The van der Waals surface area contributed by atoms with Crippen molar-refractivity contribution in [1.29, 1.82) is 0 Å². The summed E-state index contributed by atoms with van der Waals surface area (Å²) in [5.41, 5.74) is 0.906. The smallest absolute Gasteiger partial charge is 0.176 e. The first kappa shape index (κ1) is 9.77. The second-order valence-corrected chi connectivity index (χ2v) is 4.62. The van der Waals surface area contributed by atoms with Gasteiger partial charge in [0.15, 0.2) is 5.78 Å². The molecule has 0 atom stereocenters. The van der Waals surface area contributed by atoms with Crippen LogP contribution in [0.1, 0.15) is 48.0 Å². The number of ketones is 1. The third-order valence-corrected chi connectivity index (χ3v) is 3.28. The van der Waals surface area contributed by atoms with Crippen LogP contribution in [0.5, 0.6) is 0 Å². The van der Waals surface area contributed by atoms with Crippen molar-refractivity contribution in [2.75, 3.05) is 0 Å². The van der Waals surface area contributed by atoms with Crippen LogP contribution in [0, 0.1) is 5.92 Å². The van der Waals surface area contributed by atoms with Gasteiger partial charge in [0.25, 0.3) is 0 Å². The lowest BCUT2D eigenvalue weighted by atomic mass is 10.1. The average molecular weight is 210 g/mol. The van der Waals surface area contributed by atoms with Crippen LogP contribution in [0.3, 0.4) is 0 Å². The Bertz CT molecular complexity index is 331. The van der Waals surface area contributed by atoms with Gasteiger partial charge >= 0.3 is 0 Å². The molecule has 14 heavy (non-hydrogen) atoms. The number of rotatable bonds is 5. The molecule has 1 aromatic heterocycles. The van der Waals surface area contributed by atoms with E-state index in [-0.39, 0.29) is 5.78 Å². The fourth-order valence-corrected chi connectivity index (χ4v) is 2.15. The number of Topliss-reactive ketones (excluding diaryl/α,β-unsaturated/α-hetero) is 1. The Morgan fingerprint density at radius 1 is 1.57 bits per heavy atom. The van der Waals surface area contributed by atoms with Crippen LogP contribution in [0.2, 0.25) is 0 Å². The van der Waals surface area contributed by atoms with Gasteiger partial charge < -0.3 is 0 Å². The Balaban J connectivity index is 2.04. The Morgan fingerprint density at radius 2 is 2.36 bits per heavy atom. The number of aryl methyl sites for hydroxylation is 1. The largest absolute Gasteiger partial charge is 0.293 e. The average Bonchev–Trinajstić information content (AvgIpc) is 2.83. The molecular formula is C10H14N2OS. The molecule has 1 fully saturated rings. The summed E-state index contributed by atoms with van der Waals surface area (Å²) in [5, 5.41) is 4.00. The molecule has 0 aliphatic heterocycles. The fraction of sp³-hybridized carbons (Fsp3) is 0.700. The number of hydrogen-bond acceptors (Lipinski definition) is 4. The van der Waals surface area contributed by atoms with Crippen molar-refractivity contribution < 1.29 is 4.79 Å². The van der Waals surface area contributed by atoms with Gasteiger partial charge in [-0.05, 0) is 36.7 Å². The van der Waals surface area contributed by atoms with Gasteiger partial charge in [0.05, 0.1) is 5.69 Å². The van der Waals surface area contributed by atoms with E-state index in [1.54, 1.807) is 0 Å². The van der Waals surface area contributed by atoms with Crippen LogP contribution in [-0.4, -0.2) is 15.4 Å². The lowest BCUT2D eigenvalue weighted by Crippen LogP contribution is -2.01. The molecule has 2 rings (SSSR count). The van der Waals surface area contributed by atoms with Crippen molar-refractivity contribution in [2.24, 2.45) is 5.92 Å². The van der Waals surface area contributed by atoms with Gasteiger partial charge in [0, 0.05) is 6.42 Å². The minimum Gasteiger partial charge on any atom is -0.293 e. The van der Waals surface area contributed by atoms with Gasteiger partial charge in [-0.15, -0.1) is 5.10 Å². The van der Waals surface area contributed by atoms with Gasteiger partial charge in [-0.2, -0.15) is 0 Å². The number of hydrogen-bond donors (Lipinski definition) is 0. The first-order valence-corrected chi connectivity index (χ1v) is 5.93. The molecule has 0 unspecified atom stereocenters. The van der Waals surface area contributed by atoms with E-state index in [0.29, 0.717) is 12.3 Å². The van der Waals surface area contributed by atoms with E-state index in [9.17, 15) is 4.79 Å². The maximum Gasteiger partial charge on any atom is 0.176 e. The number of carbonyl (C=O) groups excluding carboxylic acids is 1. The van der Waals surface area contributed by atoms with Crippen molar-refractivity contribution in [2.45, 2.75) is 39.0 Å². The van der Waals surface area contributed by atoms with E-state index in [2.05, 4.69) is 16.5 Å². The van der Waals surface area contributed by atoms with E-state index in [1.165, 1.54) is 24.4 Å². The molecule has 0 aromatic carbocycles. The number of aromatic nitrogens is 2. The van der Waals surface area contributed by atoms with Gasteiger partial charge in [0.1, 0.15) is 4.88 Å². The van der Waals surface area contributed by atoms with E-state index >= 15 is 0 Å². The standard InChI is InChI=1S/C10H14N2OS/c1-2-3-8-10(14-12-11-8)9(13)6-7-4-5-7/h7H,2-6H2,1H3. The Kier molecular flexibility index (Phi) is 2.91. The lowest BCUT2D eigenvalue weighted by molar-refractivity contribution is 0.0979. The van der Waals surface area contributed by atoms with E-state index in [0.717, 1.165) is 23.4 Å². The molecule has 0 N–H and O–H groups in total. The molecule has 0 amide bonds. The van der Waals surface area contributed by atoms with Gasteiger partial charge in [0.2, 0.25) is 0 Å². The molecule has 4 heteroatoms. The van der Waals surface area contributed by atoms with E-state index in [4.69, 9.17) is 0 Å². The highest BCUT2D eigenvalue weighted by Gasteiger charge is 2.27. The molecule has 1 heterocycles. The summed E-state index contributed by atoms with van der Waals surface area (Å²) in [6, 6.07) is 0. The Morgan fingerprint density at radius 3 is 3.00 bits per heavy atom. The lowest BCUT2D eigenvalue weighted by Gasteiger charge is -1.97. The molecule has 1 aromatic rings. The molecule has 3 nitrogen and oxygen atoms in total. The second kappa shape index (κ2) is 4.17. The summed E-state index contributed by atoms with van der Waals surface area (Å²) >= 11 is 1.26. The monoisotopic (exact) mass is 210 g/mol. The minimum atomic E-state index is 0.256. The zero-order valence-electron chi connectivity index (χ0n) is 8.32. The molecule has 1 saturated carbocycles. The van der Waals surface area contributed by atoms with Gasteiger partial charge in [-0.25, -0.2) is 0 Å². The number of nitrogens with zero attached hydrogens (tertiary/aromatic N) is 2. The van der Waals surface area contributed by atoms with Gasteiger partial charge in [-0.3, -0.25) is 4.79 Å². The van der Waals surface area contributed by atoms with E-state index < -0.39 is 0 Å². The summed E-state index contributed by atoms with van der Waals surface area (Å²) in [6.07, 6.45) is 5.06. The van der Waals surface area contributed by atoms with Crippen molar-refractivity contribution in [3.8, 4) is 0 Å². The molecule has 1 aliphatic rings. The molecule has 0 saturated heterocycles. The zero-order chi connectivity index (χ0) is 9.97. The molecule has 0 radical (unpaired) electrons. The highest BCUT2D eigenvalue weighted by atomic mass is 32.1. The normalized spacial score (nSPS) is 15.8. The SMILES string of the molecule is CCCc1nnsc1C(=O)CC1CC1. The van der Waals surface area contributed by atoms with Crippen LogP contribution in [0.15, 0.2) is 0 Å². The molecule has 1 aliphatic carbocycles. The molecular weight excluding hydrogens is 196 g/mol. The third kappa shape index (κ3) is 2.18. The van der Waals surface area contributed by atoms with Crippen molar-refractivity contribution in [1.82, 2.24) is 9.59 Å². The van der Waals surface area contributed by atoms with Gasteiger partial charge in [-0.1, -0.05) is 17.8 Å². The quantitative estimate of drug-likeness (QED) is 0.701. The van der Waals surface area contributed by atoms with Crippen LogP contribution in [-0.2, 0) is 6.42 Å². The zero-order valence-corrected chi connectivity index (χ0v) is 9.14. The fourth-order valence-electron chi connectivity index (χ4n) is 1.50. The predicted octanol–water partition coefficient (Wildman–Crippen LogP) is 2.47. The van der Waals surface area contributed by atoms with Crippen molar-refractivity contribution in [3.05, 3.63) is 10.6 Å². The van der Waals surface area contributed by atoms with Crippen LogP contribution in [0.4, 0.5) is 0 Å². The predicted molar refractivity (Wildman–Crippen MR) is 55.6 cm³/mol. The van der Waals surface area contributed by atoms with E-state index in [1.807, 2.05) is 0 Å². The summed E-state index contributed by atoms with van der Waals surface area (Å²) in [7, 11) is 0. The molecule has 0 spiro atoms. The first-order valence-electron chi connectivity index (χ1n) is 5.15. The maximum atomic E-state index is 11.8. The minimum absolute atomic E-state index is 0.256. The van der Waals surface area contributed by atoms with Crippen molar-refractivity contribution >= 4 is 17.3 Å². The van der Waals surface area contributed by atoms with Crippen LogP contribution >= 0.6 is 11.5 Å². The summed E-state index contributed by atoms with van der Waals surface area (Å²) in [4.78, 5) is 12.6. The van der Waals surface area contributed by atoms with Crippen molar-refractivity contribution in [3.63, 3.8) is 0 Å². The second-order valence-electron chi connectivity index (χ2n) is 3.87. The van der Waals surface area contributed by atoms with Crippen LogP contribution < -0.4 is 0 Å². The summed E-state index contributed by atoms with van der Waals surface area (Å²) in [6.45, 7) is 2.09. The summed E-state index contributed by atoms with van der Waals surface area (Å²) < 4.78 is 3.86. The number of carbonyl (C=O) groups is 1. The maximum absolute atomic E-state index is 11.8.